The second kappa shape index (κ2) is 8.33. The van der Waals surface area contributed by atoms with Crippen molar-refractivity contribution in [2.75, 3.05) is 15.5 Å². The zero-order valence-electron chi connectivity index (χ0n) is 16.0. The van der Waals surface area contributed by atoms with Crippen molar-refractivity contribution in [3.63, 3.8) is 0 Å². The lowest BCUT2D eigenvalue weighted by Gasteiger charge is -2.15. The van der Waals surface area contributed by atoms with Gasteiger partial charge in [0.2, 0.25) is 0 Å². The van der Waals surface area contributed by atoms with Crippen LogP contribution >= 0.6 is 11.6 Å². The van der Waals surface area contributed by atoms with E-state index < -0.39 is 17.7 Å². The molecule has 1 aliphatic heterocycles. The Hall–Kier alpha value is -4.10. The van der Waals surface area contributed by atoms with E-state index in [1.807, 2.05) is 0 Å². The average Bonchev–Trinajstić information content (AvgIpc) is 2.99. The number of carbonyl (C=O) groups excluding carboxylic acids is 3. The van der Waals surface area contributed by atoms with Crippen LogP contribution in [0.25, 0.3) is 0 Å². The maximum Gasteiger partial charge on any atom is 0.283 e. The monoisotopic (exact) mass is 433 g/mol. The predicted molar refractivity (Wildman–Crippen MR) is 118 cm³/mol. The largest absolute Gasteiger partial charge is 0.506 e. The van der Waals surface area contributed by atoms with Crippen molar-refractivity contribution in [2.24, 2.45) is 0 Å². The molecule has 0 spiro atoms. The van der Waals surface area contributed by atoms with E-state index >= 15 is 0 Å². The zero-order valence-corrected chi connectivity index (χ0v) is 16.8. The lowest BCUT2D eigenvalue weighted by Crippen LogP contribution is -2.32. The number of nitrogens with zero attached hydrogens (tertiary/aromatic N) is 1. The number of phenols is 1. The molecule has 0 fully saturated rings. The Morgan fingerprint density at radius 1 is 0.839 bits per heavy atom. The van der Waals surface area contributed by atoms with Crippen molar-refractivity contribution >= 4 is 46.4 Å². The maximum absolute atomic E-state index is 12.8. The van der Waals surface area contributed by atoms with Crippen molar-refractivity contribution in [2.45, 2.75) is 0 Å². The van der Waals surface area contributed by atoms with Gasteiger partial charge in [0.15, 0.2) is 0 Å². The normalized spacial score (nSPS) is 13.5. The number of nitrogens with one attached hydrogen (secondary N) is 2. The van der Waals surface area contributed by atoms with Gasteiger partial charge in [-0.05, 0) is 48.5 Å². The Kier molecular flexibility index (Phi) is 5.43. The fourth-order valence-electron chi connectivity index (χ4n) is 3.05. The van der Waals surface area contributed by atoms with Gasteiger partial charge in [0.05, 0.1) is 11.4 Å². The van der Waals surface area contributed by atoms with Gasteiger partial charge < -0.3 is 15.7 Å². The quantitative estimate of drug-likeness (QED) is 0.416. The van der Waals surface area contributed by atoms with Gasteiger partial charge in [-0.25, -0.2) is 4.90 Å². The molecule has 0 saturated carbocycles. The van der Waals surface area contributed by atoms with Crippen LogP contribution in [-0.2, 0) is 9.59 Å². The van der Waals surface area contributed by atoms with Gasteiger partial charge >= 0.3 is 0 Å². The van der Waals surface area contributed by atoms with E-state index in [0.29, 0.717) is 22.6 Å². The van der Waals surface area contributed by atoms with Crippen molar-refractivity contribution in [1.82, 2.24) is 0 Å². The van der Waals surface area contributed by atoms with E-state index in [1.54, 1.807) is 72.8 Å². The Labute approximate surface area is 182 Å². The first kappa shape index (κ1) is 20.2. The molecule has 3 amide bonds. The Morgan fingerprint density at radius 2 is 1.48 bits per heavy atom. The summed E-state index contributed by atoms with van der Waals surface area (Å²) in [6.07, 6.45) is 0. The zero-order chi connectivity index (χ0) is 22.0. The number of hydrogen-bond acceptors (Lipinski definition) is 5. The number of anilines is 3. The smallest absolute Gasteiger partial charge is 0.283 e. The van der Waals surface area contributed by atoms with Gasteiger partial charge in [0.25, 0.3) is 17.7 Å². The van der Waals surface area contributed by atoms with Gasteiger partial charge in [-0.15, -0.1) is 0 Å². The van der Waals surface area contributed by atoms with Crippen molar-refractivity contribution in [1.29, 1.82) is 0 Å². The van der Waals surface area contributed by atoms with E-state index in [-0.39, 0.29) is 16.5 Å². The highest BCUT2D eigenvalue weighted by atomic mass is 35.5. The fraction of sp³-hybridized carbons (Fsp3) is 0. The second-order valence-corrected chi connectivity index (χ2v) is 7.02. The molecular formula is C23H16ClN3O4. The molecule has 154 valence electrons. The lowest BCUT2D eigenvalue weighted by atomic mass is 10.2. The van der Waals surface area contributed by atoms with E-state index in [9.17, 15) is 19.5 Å². The number of phenolic OH excluding ortho intramolecular Hbond substituents is 1. The number of benzene rings is 3. The van der Waals surface area contributed by atoms with Crippen molar-refractivity contribution < 1.29 is 19.5 Å². The fourth-order valence-corrected chi connectivity index (χ4v) is 3.26. The molecule has 0 bridgehead atoms. The molecule has 3 aromatic carbocycles. The number of imide groups is 1. The van der Waals surface area contributed by atoms with Crippen LogP contribution in [0.15, 0.2) is 89.6 Å². The Morgan fingerprint density at radius 3 is 2.16 bits per heavy atom. The lowest BCUT2D eigenvalue weighted by molar-refractivity contribution is -0.120. The van der Waals surface area contributed by atoms with Crippen LogP contribution in [0.2, 0.25) is 0 Å². The molecule has 7 nitrogen and oxygen atoms in total. The van der Waals surface area contributed by atoms with E-state index in [4.69, 9.17) is 11.6 Å². The number of para-hydroxylation sites is 3. The average molecular weight is 434 g/mol. The van der Waals surface area contributed by atoms with Crippen LogP contribution in [0.1, 0.15) is 10.4 Å². The van der Waals surface area contributed by atoms with E-state index in [1.165, 1.54) is 6.07 Å². The first-order valence-electron chi connectivity index (χ1n) is 9.26. The van der Waals surface area contributed by atoms with Gasteiger partial charge in [-0.2, -0.15) is 0 Å². The summed E-state index contributed by atoms with van der Waals surface area (Å²) in [5.74, 6) is -1.63. The van der Waals surface area contributed by atoms with Gasteiger partial charge in [-0.3, -0.25) is 14.4 Å². The highest BCUT2D eigenvalue weighted by Crippen LogP contribution is 2.30. The molecule has 0 atom stereocenters. The molecule has 31 heavy (non-hydrogen) atoms. The molecule has 0 radical (unpaired) electrons. The minimum absolute atomic E-state index is 0.0388. The van der Waals surface area contributed by atoms with Crippen molar-refractivity contribution in [3.05, 3.63) is 95.2 Å². The number of aromatic hydroxyl groups is 1. The summed E-state index contributed by atoms with van der Waals surface area (Å²) in [4.78, 5) is 38.6. The van der Waals surface area contributed by atoms with Crippen LogP contribution in [-0.4, -0.2) is 22.8 Å². The van der Waals surface area contributed by atoms with E-state index in [2.05, 4.69) is 10.6 Å². The summed E-state index contributed by atoms with van der Waals surface area (Å²) in [5.41, 5.74) is 1.49. The molecule has 0 aliphatic carbocycles. The Balaban J connectivity index is 1.49. The predicted octanol–water partition coefficient (Wildman–Crippen LogP) is 4.08. The Bertz CT molecular complexity index is 1210. The van der Waals surface area contributed by atoms with Crippen LogP contribution in [0.5, 0.6) is 5.75 Å². The van der Waals surface area contributed by atoms with Crippen LogP contribution in [0.4, 0.5) is 17.1 Å². The van der Waals surface area contributed by atoms with Gasteiger partial charge in [0.1, 0.15) is 16.5 Å². The summed E-state index contributed by atoms with van der Waals surface area (Å²) in [5, 5.41) is 15.0. The minimum Gasteiger partial charge on any atom is -0.506 e. The molecule has 8 heteroatoms. The molecular weight excluding hydrogens is 418 g/mol. The number of rotatable bonds is 5. The standard InChI is InChI=1S/C23H16ClN3O4/c24-19-20(23(31)27(22(19)30)16-6-2-1-3-7-16)25-15-12-10-14(11-13-15)21(29)26-17-8-4-5-9-18(17)28/h1-13,25,28H,(H,26,29). The molecule has 1 heterocycles. The third-order valence-electron chi connectivity index (χ3n) is 4.61. The molecule has 0 unspecified atom stereocenters. The van der Waals surface area contributed by atoms with Crippen LogP contribution in [0.3, 0.4) is 0 Å². The topological polar surface area (TPSA) is 98.7 Å². The van der Waals surface area contributed by atoms with Gasteiger partial charge in [-0.1, -0.05) is 41.9 Å². The third kappa shape index (κ3) is 3.99. The molecule has 4 rings (SSSR count). The SMILES string of the molecule is O=C(Nc1ccccc1O)c1ccc(NC2=C(Cl)C(=O)N(c3ccccc3)C2=O)cc1. The maximum atomic E-state index is 12.8. The molecule has 3 N–H and O–H groups in total. The number of carbonyl (C=O) groups is 3. The molecule has 0 aromatic heterocycles. The highest BCUT2D eigenvalue weighted by Gasteiger charge is 2.38. The summed E-state index contributed by atoms with van der Waals surface area (Å²) in [7, 11) is 0. The number of halogens is 1. The third-order valence-corrected chi connectivity index (χ3v) is 4.96. The molecule has 3 aromatic rings. The molecule has 0 saturated heterocycles. The summed E-state index contributed by atoms with van der Waals surface area (Å²) in [6, 6.07) is 21.1. The summed E-state index contributed by atoms with van der Waals surface area (Å²) < 4.78 is 0. The second-order valence-electron chi connectivity index (χ2n) is 6.64. The van der Waals surface area contributed by atoms with Gasteiger partial charge in [0, 0.05) is 11.3 Å². The minimum atomic E-state index is -0.612. The number of amides is 3. The summed E-state index contributed by atoms with van der Waals surface area (Å²) >= 11 is 6.12. The first-order valence-corrected chi connectivity index (χ1v) is 9.63. The summed E-state index contributed by atoms with van der Waals surface area (Å²) in [6.45, 7) is 0. The van der Waals surface area contributed by atoms with Crippen LogP contribution < -0.4 is 15.5 Å². The van der Waals surface area contributed by atoms with Crippen LogP contribution in [0, 0.1) is 0 Å². The first-order chi connectivity index (χ1) is 15.0. The highest BCUT2D eigenvalue weighted by molar-refractivity contribution is 6.53. The van der Waals surface area contributed by atoms with E-state index in [0.717, 1.165) is 4.90 Å². The number of hydrogen-bond donors (Lipinski definition) is 3. The molecule has 1 aliphatic rings. The van der Waals surface area contributed by atoms with Crippen molar-refractivity contribution in [3.8, 4) is 5.75 Å².